The van der Waals surface area contributed by atoms with E-state index in [2.05, 4.69) is 66.2 Å². The molecule has 0 radical (unpaired) electrons. The van der Waals surface area contributed by atoms with E-state index >= 15 is 0 Å². The zero-order chi connectivity index (χ0) is 76.6. The van der Waals surface area contributed by atoms with Gasteiger partial charge in [0.25, 0.3) is 10.1 Å². The molecule has 594 valence electrons. The highest BCUT2D eigenvalue weighted by Gasteiger charge is 2.39. The van der Waals surface area contributed by atoms with Gasteiger partial charge in [-0.3, -0.25) is 14.0 Å². The van der Waals surface area contributed by atoms with Gasteiger partial charge in [0.05, 0.1) is 73.8 Å². The number of nitrogens with two attached hydrogens (primary N) is 1. The summed E-state index contributed by atoms with van der Waals surface area (Å²) >= 11 is 20.6. The van der Waals surface area contributed by atoms with Gasteiger partial charge in [-0.05, 0) is 172 Å². The maximum atomic E-state index is 13.3. The molecular weight excluding hydrogens is 1530 g/mol. The summed E-state index contributed by atoms with van der Waals surface area (Å²) in [6.07, 6.45) is 3.90. The smallest absolute Gasteiger partial charge is 0.401 e. The van der Waals surface area contributed by atoms with E-state index < -0.39 is 83.7 Å². The highest BCUT2D eigenvalue weighted by atomic mass is 35.5. The fourth-order valence-electron chi connectivity index (χ4n) is 12.7. The number of nitrogen functional groups attached to an aromatic ring is 1. The van der Waals surface area contributed by atoms with E-state index in [1.54, 1.807) is 12.1 Å². The van der Waals surface area contributed by atoms with Crippen LogP contribution >= 0.6 is 59.0 Å². The molecule has 2 aromatic heterocycles. The van der Waals surface area contributed by atoms with Crippen LogP contribution in [0.25, 0.3) is 22.2 Å². The molecule has 5 N–H and O–H groups in total. The first-order valence-corrected chi connectivity index (χ1v) is 42.4. The van der Waals surface area contributed by atoms with Crippen LogP contribution in [0.5, 0.6) is 5.75 Å². The van der Waals surface area contributed by atoms with Crippen LogP contribution in [0.4, 0.5) is 32.0 Å². The highest BCUT2D eigenvalue weighted by Crippen LogP contribution is 2.43. The molecule has 6 fully saturated rings. The van der Waals surface area contributed by atoms with E-state index in [9.17, 15) is 56.7 Å². The Morgan fingerprint density at radius 3 is 1.30 bits per heavy atom. The number of piperidine rings is 5. The Morgan fingerprint density at radius 1 is 0.529 bits per heavy atom. The van der Waals surface area contributed by atoms with Crippen molar-refractivity contribution in [2.24, 2.45) is 0 Å². The summed E-state index contributed by atoms with van der Waals surface area (Å²) in [4.78, 5) is 19.6. The molecule has 0 atom stereocenters. The fourth-order valence-corrected chi connectivity index (χ4v) is 19.7. The fraction of sp³-hybridized carbons (Fsp3) is 0.714. The second kappa shape index (κ2) is 40.1. The Morgan fingerprint density at radius 2 is 0.894 bits per heavy atom. The normalized spacial score (nSPS) is 19.5. The number of phenols is 1. The number of aromatic hydroxyl groups is 1. The molecule has 34 heteroatoms. The molecule has 0 unspecified atom stereocenters. The van der Waals surface area contributed by atoms with Crippen molar-refractivity contribution in [1.29, 1.82) is 0 Å². The average Bonchev–Trinajstić information content (AvgIpc) is 1.79. The lowest BCUT2D eigenvalue weighted by atomic mass is 9.97. The Kier molecular flexibility index (Phi) is 35.3. The van der Waals surface area contributed by atoms with Crippen molar-refractivity contribution in [3.8, 4) is 5.75 Å². The Bertz CT molecular complexity index is 3820. The van der Waals surface area contributed by atoms with Crippen molar-refractivity contribution in [1.82, 2.24) is 34.5 Å². The molecule has 5 aliphatic heterocycles. The second-order valence-corrected chi connectivity index (χ2v) is 37.7. The number of aliphatic hydroxyl groups is 2. The molecule has 0 amide bonds. The topological polar surface area (TPSA) is 267 Å². The van der Waals surface area contributed by atoms with Gasteiger partial charge in [0, 0.05) is 42.3 Å². The first kappa shape index (κ1) is 91.4. The van der Waals surface area contributed by atoms with Crippen LogP contribution in [0, 0.1) is 0 Å². The largest absolute Gasteiger partial charge is 0.504 e. The van der Waals surface area contributed by atoms with Crippen LogP contribution in [-0.4, -0.2) is 226 Å². The van der Waals surface area contributed by atoms with Gasteiger partial charge in [0.2, 0.25) is 11.8 Å². The lowest BCUT2D eigenvalue weighted by molar-refractivity contribution is -0.150. The van der Waals surface area contributed by atoms with Crippen molar-refractivity contribution in [2.45, 2.75) is 231 Å². The number of hydrogen-bond donors (Lipinski definition) is 4. The molecule has 3 aromatic carbocycles. The molecule has 6 aliphatic rings. The van der Waals surface area contributed by atoms with E-state index in [0.29, 0.717) is 81.1 Å². The standard InChI is InChI=1S/C18H25ClN2O3S.C18H25ClN2OS.C13H19ClN2O3S.C8H14F3NO3S.C7H12F3NO.C6H12O.ClH/c1-5-21-10-8-12(9-11-21)25(22,23)16-13(19)6-7-14-15(16)24-17(20-14)18(2,3)4;1-5-21-10-8-12(9-11-21)23-16-13(19)6-7-14-15(16)22-17(20-14)18(2,3)4;1-2-16-7-5-9(6-8-16)20(18,19)13-10(14)3-4-11(15)12(13)17;1-16(13,14)15-7-2-4-12(5-3-7)6-8(9,10)11;8-7(9,10)5-11-3-1-6(12)2-4-11;7-6-4-2-1-3-5-6;/h6-7,12H,5,8-11H2,1-4H3;6-7,12H,5,8-11H2,1-4H3;3-4,9,17H,2,5-8,15H2,1H3;7H,2-6H2,1H3;6,12H,1-5H2;6-7H,1-5H2;1H. The third-order valence-electron chi connectivity index (χ3n) is 18.8. The van der Waals surface area contributed by atoms with Crippen molar-refractivity contribution in [3.63, 3.8) is 0 Å². The Labute approximate surface area is 636 Å². The monoisotopic (exact) mass is 1630 g/mol. The first-order chi connectivity index (χ1) is 47.9. The second-order valence-electron chi connectivity index (χ2n) is 29.2. The van der Waals surface area contributed by atoms with Gasteiger partial charge in [0.1, 0.15) is 20.8 Å². The van der Waals surface area contributed by atoms with Crippen LogP contribution in [0.2, 0.25) is 15.1 Å². The lowest BCUT2D eigenvalue weighted by Crippen LogP contribution is -2.42. The van der Waals surface area contributed by atoms with Gasteiger partial charge >= 0.3 is 12.4 Å². The number of anilines is 1. The lowest BCUT2D eigenvalue weighted by Gasteiger charge is -2.31. The van der Waals surface area contributed by atoms with E-state index in [1.165, 1.54) is 67.1 Å². The van der Waals surface area contributed by atoms with E-state index in [4.69, 9.17) is 63.8 Å². The van der Waals surface area contributed by atoms with E-state index in [0.717, 1.165) is 91.8 Å². The predicted octanol–water partition coefficient (Wildman–Crippen LogP) is 15.0. The first-order valence-electron chi connectivity index (χ1n) is 35.5. The number of aliphatic hydroxyl groups excluding tert-OH is 2. The molecule has 5 aromatic rings. The number of likely N-dealkylation sites (tertiary alicyclic amines) is 5. The SMILES string of the molecule is CCN1CCC(S(=O)(=O)c2c(Cl)ccc(N)c2O)CC1.CCN1CCC(S(=O)(=O)c2c(Cl)ccc3nc(C(C)(C)C)oc23)CC1.CCN1CCC(Sc2c(Cl)ccc3nc(C(C)(C)C)oc23)CC1.CS(=O)(=O)OC1CCN(CC(F)(F)F)CC1.Cl.OC1CCCCC1.OC1CCN(CC(F)(F)F)CC1. The van der Waals surface area contributed by atoms with Crippen molar-refractivity contribution in [2.75, 3.05) is 110 Å². The van der Waals surface area contributed by atoms with Crippen molar-refractivity contribution in [3.05, 3.63) is 63.2 Å². The zero-order valence-electron chi connectivity index (χ0n) is 61.3. The van der Waals surface area contributed by atoms with E-state index in [-0.39, 0.29) is 73.5 Å². The third-order valence-corrected chi connectivity index (χ3v) is 26.8. The molecule has 7 heterocycles. The molecule has 5 saturated heterocycles. The number of aromatic nitrogens is 2. The number of hydrogen-bond acceptors (Lipinski definition) is 21. The van der Waals surface area contributed by atoms with Crippen LogP contribution < -0.4 is 5.73 Å². The van der Waals surface area contributed by atoms with Crippen molar-refractivity contribution >= 4 is 117 Å². The summed E-state index contributed by atoms with van der Waals surface area (Å²) in [5.41, 5.74) is 7.79. The molecule has 1 aliphatic carbocycles. The van der Waals surface area contributed by atoms with Crippen molar-refractivity contribution < 1.29 is 79.9 Å². The molecule has 1 saturated carbocycles. The van der Waals surface area contributed by atoms with Gasteiger partial charge in [-0.1, -0.05) is 116 Å². The molecule has 11 rings (SSSR count). The number of alkyl halides is 6. The number of nitrogens with zero attached hydrogens (tertiary/aromatic N) is 7. The van der Waals surface area contributed by atoms with Gasteiger partial charge in [-0.15, -0.1) is 24.2 Å². The van der Waals surface area contributed by atoms with Crippen LogP contribution in [0.3, 0.4) is 0 Å². The maximum absolute atomic E-state index is 13.3. The number of halogens is 10. The highest BCUT2D eigenvalue weighted by molar-refractivity contribution is 8.00. The van der Waals surface area contributed by atoms with E-state index in [1.807, 2.05) is 44.7 Å². The Hall–Kier alpha value is -3.18. The van der Waals surface area contributed by atoms with Crippen LogP contribution in [0.1, 0.15) is 170 Å². The van der Waals surface area contributed by atoms with Gasteiger partial charge in [-0.25, -0.2) is 26.8 Å². The summed E-state index contributed by atoms with van der Waals surface area (Å²) in [7, 11) is -10.8. The maximum Gasteiger partial charge on any atom is 0.401 e. The molecule has 0 spiro atoms. The summed E-state index contributed by atoms with van der Waals surface area (Å²) in [6, 6.07) is 10.0. The molecule has 20 nitrogen and oxygen atoms in total. The molecule has 104 heavy (non-hydrogen) atoms. The minimum atomic E-state index is -4.20. The number of oxazole rings is 2. The summed E-state index contributed by atoms with van der Waals surface area (Å²) in [5.74, 6) is 0.856. The summed E-state index contributed by atoms with van der Waals surface area (Å²) in [6.45, 7) is 26.4. The van der Waals surface area contributed by atoms with Gasteiger partial charge in [0.15, 0.2) is 36.6 Å². The zero-order valence-corrected chi connectivity index (χ0v) is 67.7. The summed E-state index contributed by atoms with van der Waals surface area (Å²) < 4.78 is 162. The number of fused-ring (bicyclic) bond motifs is 2. The number of rotatable bonds is 13. The number of benzene rings is 3. The van der Waals surface area contributed by atoms with Gasteiger partial charge in [-0.2, -0.15) is 34.8 Å². The van der Waals surface area contributed by atoms with Crippen LogP contribution in [-0.2, 0) is 44.8 Å². The quantitative estimate of drug-likeness (QED) is 0.0369. The van der Waals surface area contributed by atoms with Gasteiger partial charge < -0.3 is 44.6 Å². The third kappa shape index (κ3) is 28.3. The summed E-state index contributed by atoms with van der Waals surface area (Å²) in [5, 5.41) is 28.5. The number of thioether (sulfide) groups is 1. The Balaban J connectivity index is 0.000000231. The minimum Gasteiger partial charge on any atom is -0.504 e. The average molecular weight is 1640 g/mol. The minimum absolute atomic E-state index is 0. The molecular formula is C70H108Cl4F6N8O12S4. The number of sulfone groups is 2. The molecule has 0 bridgehead atoms. The van der Waals surface area contributed by atoms with Crippen LogP contribution in [0.15, 0.2) is 59.9 Å². The predicted molar refractivity (Wildman–Crippen MR) is 404 cm³/mol. The number of phenolic OH excluding ortho intramolecular Hbond substituents is 1.